The van der Waals surface area contributed by atoms with Gasteiger partial charge in [-0.1, -0.05) is 19.4 Å². The Morgan fingerprint density at radius 2 is 1.95 bits per heavy atom. The number of hydrogen-bond acceptors (Lipinski definition) is 6. The largest absolute Gasteiger partial charge is 0.505 e. The summed E-state index contributed by atoms with van der Waals surface area (Å²) in [7, 11) is 2.01. The molecule has 0 aliphatic carbocycles. The highest BCUT2D eigenvalue weighted by Gasteiger charge is 2.41. The Morgan fingerprint density at radius 1 is 1.15 bits per heavy atom. The van der Waals surface area contributed by atoms with Crippen LogP contribution in [0.15, 0.2) is 30.3 Å². The number of fused-ring (bicyclic) bond motifs is 2. The van der Waals surface area contributed by atoms with Gasteiger partial charge in [-0.2, -0.15) is 5.10 Å². The predicted molar refractivity (Wildman–Crippen MR) is 155 cm³/mol. The number of benzene rings is 2. The van der Waals surface area contributed by atoms with Gasteiger partial charge >= 0.3 is 0 Å². The van der Waals surface area contributed by atoms with Crippen LogP contribution in [0.3, 0.4) is 0 Å². The number of likely N-dealkylation sites (tertiary alicyclic amines) is 2. The summed E-state index contributed by atoms with van der Waals surface area (Å²) in [6.07, 6.45) is 5.10. The molecule has 0 bridgehead atoms. The first-order valence-corrected chi connectivity index (χ1v) is 14.7. The summed E-state index contributed by atoms with van der Waals surface area (Å²) in [5, 5.41) is 18.4. The second-order valence-electron chi connectivity index (χ2n) is 11.8. The molecule has 1 unspecified atom stereocenters. The van der Waals surface area contributed by atoms with Crippen molar-refractivity contribution < 1.29 is 14.3 Å². The number of nitrogens with one attached hydrogen (secondary N) is 2. The molecule has 1 amide bonds. The number of H-pyrrole nitrogens is 2. The number of likely N-dealkylation sites (N-methyl/N-ethyl adjacent to an activating group) is 1. The monoisotopic (exact) mass is 557 g/mol. The van der Waals surface area contributed by atoms with Crippen LogP contribution in [0.1, 0.15) is 43.1 Å². The van der Waals surface area contributed by atoms with Crippen molar-refractivity contribution in [3.63, 3.8) is 0 Å². The van der Waals surface area contributed by atoms with Crippen molar-refractivity contribution in [2.75, 3.05) is 33.2 Å². The van der Waals surface area contributed by atoms with Crippen LogP contribution in [0.5, 0.6) is 5.75 Å². The van der Waals surface area contributed by atoms with Crippen molar-refractivity contribution in [2.45, 2.75) is 57.7 Å². The fourth-order valence-electron chi connectivity index (χ4n) is 6.73. The Hall–Kier alpha value is -3.76. The first kappa shape index (κ1) is 26.2. The highest BCUT2D eigenvalue weighted by molar-refractivity contribution is 5.94. The van der Waals surface area contributed by atoms with Gasteiger partial charge in [0.2, 0.25) is 5.91 Å². The van der Waals surface area contributed by atoms with Crippen LogP contribution < -0.4 is 0 Å². The van der Waals surface area contributed by atoms with Crippen LogP contribution >= 0.6 is 0 Å². The van der Waals surface area contributed by atoms with Crippen molar-refractivity contribution >= 4 is 16.8 Å². The molecule has 5 heterocycles. The number of carbonyl (C=O) groups excluding carboxylic acids is 1. The highest BCUT2D eigenvalue weighted by atomic mass is 19.1. The van der Waals surface area contributed by atoms with Crippen molar-refractivity contribution in [1.82, 2.24) is 34.9 Å². The van der Waals surface area contributed by atoms with E-state index in [0.717, 1.165) is 65.2 Å². The van der Waals surface area contributed by atoms with Crippen molar-refractivity contribution in [2.24, 2.45) is 0 Å². The lowest BCUT2D eigenvalue weighted by molar-refractivity contribution is -0.145. The van der Waals surface area contributed by atoms with Crippen LogP contribution in [0.4, 0.5) is 4.39 Å². The molecule has 214 valence electrons. The van der Waals surface area contributed by atoms with Gasteiger partial charge in [0.05, 0.1) is 22.9 Å². The summed E-state index contributed by atoms with van der Waals surface area (Å²) < 4.78 is 14.2. The second kappa shape index (κ2) is 10.3. The first-order valence-electron chi connectivity index (χ1n) is 14.7. The van der Waals surface area contributed by atoms with Gasteiger partial charge in [0, 0.05) is 37.5 Å². The molecule has 41 heavy (non-hydrogen) atoms. The lowest BCUT2D eigenvalue weighted by Gasteiger charge is -2.48. The molecule has 3 N–H and O–H groups in total. The summed E-state index contributed by atoms with van der Waals surface area (Å²) in [5.74, 6) is -0.0970. The number of piperidine rings is 1. The number of aryl methyl sites for hydroxylation is 1. The number of aromatic hydroxyl groups is 1. The van der Waals surface area contributed by atoms with Gasteiger partial charge in [-0.3, -0.25) is 19.7 Å². The molecule has 9 nitrogen and oxygen atoms in total. The van der Waals surface area contributed by atoms with Gasteiger partial charge in [0.1, 0.15) is 5.69 Å². The minimum atomic E-state index is -0.638. The van der Waals surface area contributed by atoms with E-state index in [1.165, 1.54) is 31.4 Å². The molecule has 1 atom stereocenters. The number of imidazole rings is 1. The Morgan fingerprint density at radius 3 is 2.73 bits per heavy atom. The Labute approximate surface area is 238 Å². The van der Waals surface area contributed by atoms with E-state index in [0.29, 0.717) is 36.9 Å². The van der Waals surface area contributed by atoms with Gasteiger partial charge < -0.3 is 15.0 Å². The summed E-state index contributed by atoms with van der Waals surface area (Å²) in [5.41, 5.74) is 5.93. The fraction of sp³-hybridized carbons (Fsp3) is 0.452. The van der Waals surface area contributed by atoms with Crippen LogP contribution in [0.25, 0.3) is 33.5 Å². The standard InChI is InChI=1S/C31H36FN7O2/c1-3-18-12-28(40)23(32)13-22(18)19-7-8-21-24(11-19)35-36-29(21)30-33-25-14-27(37(2)17-26(25)34-30)31(41)39-15-20(16-39)38-9-5-4-6-10-38/h7-8,11-13,20,27,40H,3-6,9-10,14-17H2,1-2H3,(H,33,34)(H,35,36). The average molecular weight is 558 g/mol. The Balaban J connectivity index is 1.09. The maximum absolute atomic E-state index is 14.2. The van der Waals surface area contributed by atoms with E-state index in [1.807, 2.05) is 37.1 Å². The Bertz CT molecular complexity index is 1620. The normalized spacial score (nSPS) is 20.4. The van der Waals surface area contributed by atoms with Gasteiger partial charge in [-0.25, -0.2) is 9.37 Å². The second-order valence-corrected chi connectivity index (χ2v) is 11.8. The van der Waals surface area contributed by atoms with E-state index < -0.39 is 5.82 Å². The third kappa shape index (κ3) is 4.59. The van der Waals surface area contributed by atoms with Crippen molar-refractivity contribution in [3.8, 4) is 28.4 Å². The number of hydrogen-bond donors (Lipinski definition) is 3. The molecular weight excluding hydrogens is 521 g/mol. The quantitative estimate of drug-likeness (QED) is 0.342. The maximum Gasteiger partial charge on any atom is 0.240 e. The topological polar surface area (TPSA) is 104 Å². The van der Waals surface area contributed by atoms with Crippen molar-refractivity contribution in [3.05, 3.63) is 53.1 Å². The zero-order chi connectivity index (χ0) is 28.2. The van der Waals surface area contributed by atoms with E-state index >= 15 is 0 Å². The van der Waals surface area contributed by atoms with Crippen LogP contribution in [-0.2, 0) is 24.2 Å². The van der Waals surface area contributed by atoms with E-state index in [9.17, 15) is 14.3 Å². The lowest BCUT2D eigenvalue weighted by Crippen LogP contribution is -2.65. The minimum Gasteiger partial charge on any atom is -0.505 e. The number of phenols is 1. The lowest BCUT2D eigenvalue weighted by atomic mass is 9.96. The molecule has 2 aromatic carbocycles. The molecule has 10 heteroatoms. The molecule has 2 aromatic heterocycles. The summed E-state index contributed by atoms with van der Waals surface area (Å²) in [4.78, 5) is 28.5. The third-order valence-electron chi connectivity index (χ3n) is 9.21. The van der Waals surface area contributed by atoms with Crippen molar-refractivity contribution in [1.29, 1.82) is 0 Å². The van der Waals surface area contributed by atoms with Gasteiger partial charge in [0.15, 0.2) is 17.4 Å². The molecule has 2 saturated heterocycles. The number of aromatic nitrogens is 4. The summed E-state index contributed by atoms with van der Waals surface area (Å²) in [6.45, 7) is 6.59. The highest BCUT2D eigenvalue weighted by Crippen LogP contribution is 2.34. The molecule has 2 fully saturated rings. The molecule has 0 saturated carbocycles. The molecule has 3 aliphatic heterocycles. The van der Waals surface area contributed by atoms with Gasteiger partial charge in [-0.05, 0) is 80.4 Å². The van der Waals surface area contributed by atoms with E-state index in [1.54, 1.807) is 0 Å². The zero-order valence-corrected chi connectivity index (χ0v) is 23.6. The number of halogens is 1. The number of amides is 1. The molecule has 0 radical (unpaired) electrons. The first-order chi connectivity index (χ1) is 19.9. The molecule has 0 spiro atoms. The number of nitrogens with zero attached hydrogens (tertiary/aromatic N) is 5. The van der Waals surface area contributed by atoms with E-state index in [2.05, 4.69) is 25.0 Å². The van der Waals surface area contributed by atoms with Gasteiger partial charge in [-0.15, -0.1) is 0 Å². The predicted octanol–water partition coefficient (Wildman–Crippen LogP) is 4.08. The van der Waals surface area contributed by atoms with E-state index in [4.69, 9.17) is 4.98 Å². The molecule has 3 aliphatic rings. The molecular formula is C31H36FN7O2. The van der Waals surface area contributed by atoms with Gasteiger partial charge in [0.25, 0.3) is 0 Å². The molecule has 4 aromatic rings. The number of carbonyl (C=O) groups is 1. The minimum absolute atomic E-state index is 0.200. The van der Waals surface area contributed by atoms with E-state index in [-0.39, 0.29) is 17.7 Å². The number of rotatable bonds is 5. The van der Waals surface area contributed by atoms with Crippen LogP contribution in [0.2, 0.25) is 0 Å². The maximum atomic E-state index is 14.2. The number of phenolic OH excluding ortho intramolecular Hbond substituents is 1. The summed E-state index contributed by atoms with van der Waals surface area (Å²) >= 11 is 0. The van der Waals surface area contributed by atoms with Crippen LogP contribution in [-0.4, -0.2) is 91.2 Å². The zero-order valence-electron chi connectivity index (χ0n) is 23.6. The summed E-state index contributed by atoms with van der Waals surface area (Å²) in [6, 6.07) is 9.04. The Kier molecular flexibility index (Phi) is 6.54. The molecule has 7 rings (SSSR count). The van der Waals surface area contributed by atoms with Crippen LogP contribution in [0, 0.1) is 5.82 Å². The SMILES string of the molecule is CCc1cc(O)c(F)cc1-c1ccc2c(-c3nc4c([nH]3)CN(C)C(C(=O)N3CC(N5CCCCC5)C3)C4)n[nH]c2c1. The fourth-order valence-corrected chi connectivity index (χ4v) is 6.73. The third-order valence-corrected chi connectivity index (χ3v) is 9.21. The number of aromatic amines is 2. The smallest absolute Gasteiger partial charge is 0.240 e. The average Bonchev–Trinajstić information content (AvgIpc) is 3.56.